The first-order valence-corrected chi connectivity index (χ1v) is 14.1. The summed E-state index contributed by atoms with van der Waals surface area (Å²) in [6.45, 7) is 0. The molecule has 4 aromatic rings. The van der Waals surface area contributed by atoms with E-state index in [9.17, 15) is 21.0 Å². The van der Waals surface area contributed by atoms with E-state index in [4.69, 9.17) is 32.7 Å². The van der Waals surface area contributed by atoms with Crippen LogP contribution in [0.15, 0.2) is 102 Å². The van der Waals surface area contributed by atoms with Gasteiger partial charge in [-0.25, -0.2) is 0 Å². The Bertz CT molecular complexity index is 1910. The molecule has 0 heterocycles. The number of halogens is 2. The molecule has 5 rings (SSSR count). The summed E-state index contributed by atoms with van der Waals surface area (Å²) in [4.78, 5) is 0. The molecule has 212 valence electrons. The third-order valence-corrected chi connectivity index (χ3v) is 8.09. The summed E-state index contributed by atoms with van der Waals surface area (Å²) in [6, 6.07) is 35.1. The fourth-order valence-electron chi connectivity index (χ4n) is 5.57. The number of fused-ring (bicyclic) bond motifs is 1. The zero-order valence-electron chi connectivity index (χ0n) is 23.6. The number of rotatable bonds is 6. The van der Waals surface area contributed by atoms with E-state index in [1.54, 1.807) is 86.0 Å². The van der Waals surface area contributed by atoms with E-state index >= 15 is 0 Å². The van der Waals surface area contributed by atoms with E-state index in [-0.39, 0.29) is 11.1 Å². The SMILES string of the molecule is COc1ccc(C2=C(C(C#N)C#N)C(=C(c3ccc(Cl)cc3)c3ccc(Cl)cc3)C(C#N)(C#N)c3cc(OC)ccc32)cc1. The summed E-state index contributed by atoms with van der Waals surface area (Å²) in [6.07, 6.45) is 0. The zero-order valence-corrected chi connectivity index (χ0v) is 25.1. The van der Waals surface area contributed by atoms with Gasteiger partial charge in [-0.15, -0.1) is 0 Å². The van der Waals surface area contributed by atoms with Gasteiger partial charge in [0.15, 0.2) is 11.3 Å². The highest BCUT2D eigenvalue weighted by molar-refractivity contribution is 6.31. The Balaban J connectivity index is 2.11. The van der Waals surface area contributed by atoms with Crippen LogP contribution in [0.1, 0.15) is 27.8 Å². The number of ether oxygens (including phenoxy) is 2. The summed E-state index contributed by atoms with van der Waals surface area (Å²) in [5, 5.41) is 43.9. The molecule has 8 heteroatoms. The normalized spacial score (nSPS) is 13.2. The molecule has 4 aromatic carbocycles. The highest BCUT2D eigenvalue weighted by Crippen LogP contribution is 2.54. The quantitative estimate of drug-likeness (QED) is 0.216. The molecule has 0 N–H and O–H groups in total. The molecule has 0 saturated carbocycles. The van der Waals surface area contributed by atoms with Crippen molar-refractivity contribution in [2.45, 2.75) is 5.41 Å². The van der Waals surface area contributed by atoms with Crippen LogP contribution in [0, 0.1) is 51.2 Å². The van der Waals surface area contributed by atoms with Crippen molar-refractivity contribution in [2.75, 3.05) is 14.2 Å². The van der Waals surface area contributed by atoms with Crippen LogP contribution in [0.4, 0.5) is 0 Å². The van der Waals surface area contributed by atoms with Crippen LogP contribution in [0.2, 0.25) is 10.0 Å². The number of methoxy groups -OCH3 is 2. The van der Waals surface area contributed by atoms with Crippen molar-refractivity contribution in [3.05, 3.63) is 140 Å². The summed E-state index contributed by atoms with van der Waals surface area (Å²) in [5.74, 6) is -0.304. The van der Waals surface area contributed by atoms with Gasteiger partial charge in [-0.05, 0) is 87.5 Å². The third-order valence-electron chi connectivity index (χ3n) is 7.59. The number of nitrogens with zero attached hydrogens (tertiary/aromatic N) is 4. The van der Waals surface area contributed by atoms with Crippen molar-refractivity contribution in [3.63, 3.8) is 0 Å². The largest absolute Gasteiger partial charge is 0.497 e. The van der Waals surface area contributed by atoms with Gasteiger partial charge >= 0.3 is 0 Å². The fraction of sp³-hybridized carbons (Fsp3) is 0.111. The Kier molecular flexibility index (Phi) is 8.44. The Labute approximate surface area is 265 Å². The van der Waals surface area contributed by atoms with Crippen molar-refractivity contribution >= 4 is 34.3 Å². The highest BCUT2D eigenvalue weighted by Gasteiger charge is 2.49. The van der Waals surface area contributed by atoms with Gasteiger partial charge in [0.1, 0.15) is 11.5 Å². The third kappa shape index (κ3) is 5.04. The second-order valence-corrected chi connectivity index (χ2v) is 10.7. The second kappa shape index (κ2) is 12.4. The average Bonchev–Trinajstić information content (AvgIpc) is 3.07. The summed E-state index contributed by atoms with van der Waals surface area (Å²) in [5.41, 5.74) is 2.31. The van der Waals surface area contributed by atoms with Crippen molar-refractivity contribution in [3.8, 4) is 35.8 Å². The number of allylic oxidation sites excluding steroid dienone is 2. The Hall–Kier alpha value is -5.50. The minimum Gasteiger partial charge on any atom is -0.497 e. The smallest absolute Gasteiger partial charge is 0.195 e. The van der Waals surface area contributed by atoms with Gasteiger partial charge in [-0.2, -0.15) is 21.0 Å². The van der Waals surface area contributed by atoms with E-state index in [2.05, 4.69) is 24.3 Å². The molecule has 1 aliphatic carbocycles. The van der Waals surface area contributed by atoms with E-state index in [0.29, 0.717) is 60.5 Å². The van der Waals surface area contributed by atoms with Crippen molar-refractivity contribution < 1.29 is 9.47 Å². The molecule has 1 aliphatic rings. The van der Waals surface area contributed by atoms with Crippen LogP contribution in [0.5, 0.6) is 11.5 Å². The Morgan fingerprint density at radius 3 is 1.64 bits per heavy atom. The molecule has 0 radical (unpaired) electrons. The molecule has 6 nitrogen and oxygen atoms in total. The second-order valence-electron chi connectivity index (χ2n) is 9.86. The van der Waals surface area contributed by atoms with Crippen LogP contribution in [-0.2, 0) is 5.41 Å². The molecule has 0 atom stereocenters. The molecule has 0 aliphatic heterocycles. The maximum Gasteiger partial charge on any atom is 0.195 e. The van der Waals surface area contributed by atoms with Crippen molar-refractivity contribution in [2.24, 2.45) is 5.92 Å². The number of benzene rings is 4. The summed E-state index contributed by atoms with van der Waals surface area (Å²) in [7, 11) is 3.06. The molecule has 0 spiro atoms. The molecular weight excluding hydrogens is 591 g/mol. The van der Waals surface area contributed by atoms with Crippen LogP contribution in [0.3, 0.4) is 0 Å². The topological polar surface area (TPSA) is 114 Å². The summed E-state index contributed by atoms with van der Waals surface area (Å²) >= 11 is 12.5. The predicted molar refractivity (Wildman–Crippen MR) is 169 cm³/mol. The lowest BCUT2D eigenvalue weighted by molar-refractivity contribution is 0.414. The van der Waals surface area contributed by atoms with E-state index in [1.165, 1.54) is 7.11 Å². The van der Waals surface area contributed by atoms with Crippen LogP contribution < -0.4 is 9.47 Å². The lowest BCUT2D eigenvalue weighted by Gasteiger charge is -2.37. The maximum absolute atomic E-state index is 11.0. The zero-order chi connectivity index (χ0) is 31.4. The molecule has 44 heavy (non-hydrogen) atoms. The first kappa shape index (κ1) is 30.0. The molecule has 0 saturated heterocycles. The molecule has 0 unspecified atom stereocenters. The first-order valence-electron chi connectivity index (χ1n) is 13.3. The van der Waals surface area contributed by atoms with Crippen LogP contribution >= 0.6 is 23.2 Å². The number of hydrogen-bond acceptors (Lipinski definition) is 6. The average molecular weight is 614 g/mol. The number of hydrogen-bond donors (Lipinski definition) is 0. The fourth-order valence-corrected chi connectivity index (χ4v) is 5.82. The monoisotopic (exact) mass is 612 g/mol. The highest BCUT2D eigenvalue weighted by atomic mass is 35.5. The number of nitriles is 4. The minimum absolute atomic E-state index is 0.215. The maximum atomic E-state index is 11.0. The standard InChI is InChI=1S/C36H22Cl2N4O2/c1-43-28-13-7-24(8-14-28)33-30-16-15-29(44-2)17-31(30)36(20-41,21-42)35(34(33)25(18-39)19-40)32(22-3-9-26(37)10-4-22)23-5-11-27(38)12-6-23/h3-17,25H,1-2H3. The lowest BCUT2D eigenvalue weighted by atomic mass is 9.60. The molecule has 0 fully saturated rings. The van der Waals surface area contributed by atoms with Gasteiger partial charge in [0.05, 0.1) is 38.5 Å². The van der Waals surface area contributed by atoms with Gasteiger partial charge in [0, 0.05) is 21.2 Å². The Morgan fingerprint density at radius 1 is 0.682 bits per heavy atom. The minimum atomic E-state index is -1.96. The first-order chi connectivity index (χ1) is 21.3. The molecule has 0 aromatic heterocycles. The van der Waals surface area contributed by atoms with E-state index in [1.807, 2.05) is 12.1 Å². The predicted octanol–water partition coefficient (Wildman–Crippen LogP) is 8.28. The molecular formula is C36H22Cl2N4O2. The van der Waals surface area contributed by atoms with Gasteiger partial charge in [0.2, 0.25) is 0 Å². The lowest BCUT2D eigenvalue weighted by Crippen LogP contribution is -2.34. The van der Waals surface area contributed by atoms with Gasteiger partial charge in [-0.3, -0.25) is 0 Å². The molecule has 0 amide bonds. The summed E-state index contributed by atoms with van der Waals surface area (Å²) < 4.78 is 10.9. The Morgan fingerprint density at radius 2 is 1.18 bits per heavy atom. The van der Waals surface area contributed by atoms with Crippen molar-refractivity contribution in [1.82, 2.24) is 0 Å². The van der Waals surface area contributed by atoms with Crippen LogP contribution in [-0.4, -0.2) is 14.2 Å². The van der Waals surface area contributed by atoms with E-state index < -0.39 is 11.3 Å². The van der Waals surface area contributed by atoms with E-state index in [0.717, 1.165) is 0 Å². The van der Waals surface area contributed by atoms with Gasteiger partial charge in [-0.1, -0.05) is 65.7 Å². The van der Waals surface area contributed by atoms with Gasteiger partial charge in [0.25, 0.3) is 0 Å². The van der Waals surface area contributed by atoms with Crippen LogP contribution in [0.25, 0.3) is 11.1 Å². The van der Waals surface area contributed by atoms with Gasteiger partial charge < -0.3 is 9.47 Å². The van der Waals surface area contributed by atoms with Crippen molar-refractivity contribution in [1.29, 1.82) is 21.0 Å². The molecule has 0 bridgehead atoms.